The van der Waals surface area contributed by atoms with Gasteiger partial charge in [-0.05, 0) is 54.1 Å². The molecule has 0 heterocycles. The van der Waals surface area contributed by atoms with Gasteiger partial charge in [0, 0.05) is 7.05 Å². The average molecular weight is 379 g/mol. The smallest absolute Gasteiger partial charge is 0.255 e. The predicted molar refractivity (Wildman–Crippen MR) is 94.9 cm³/mol. The van der Waals surface area contributed by atoms with Crippen LogP contribution in [0.5, 0.6) is 5.75 Å². The molecule has 0 aliphatic heterocycles. The fraction of sp³-hybridized carbons (Fsp3) is 0.176. The molecule has 138 valence electrons. The number of halogens is 1. The van der Waals surface area contributed by atoms with Crippen molar-refractivity contribution in [3.8, 4) is 5.75 Å². The standard InChI is InChI=1S/C17H18FN3O4S/c1-21(26(23,24)16-9-5-14(18)6-10-16)12-17(22)20-19-11-13-3-7-15(25-2)8-4-13/h3-11H,12H2,1-2H3,(H,20,22)/b19-11-. The van der Waals surface area contributed by atoms with Crippen molar-refractivity contribution in [1.82, 2.24) is 9.73 Å². The SMILES string of the molecule is COc1ccc(/C=N\NC(=O)CN(C)S(=O)(=O)c2ccc(F)cc2)cc1. The summed E-state index contributed by atoms with van der Waals surface area (Å²) in [6, 6.07) is 11.3. The number of rotatable bonds is 7. The summed E-state index contributed by atoms with van der Waals surface area (Å²) >= 11 is 0. The number of carbonyl (C=O) groups is 1. The van der Waals surface area contributed by atoms with Crippen LogP contribution in [0.15, 0.2) is 58.5 Å². The maximum absolute atomic E-state index is 12.9. The Balaban J connectivity index is 1.93. The third-order valence-corrected chi connectivity index (χ3v) is 5.22. The first-order valence-corrected chi connectivity index (χ1v) is 8.95. The topological polar surface area (TPSA) is 88.1 Å². The van der Waals surface area contributed by atoms with Gasteiger partial charge in [0.15, 0.2) is 0 Å². The van der Waals surface area contributed by atoms with Gasteiger partial charge in [-0.15, -0.1) is 0 Å². The molecule has 9 heteroatoms. The highest BCUT2D eigenvalue weighted by atomic mass is 32.2. The van der Waals surface area contributed by atoms with Crippen molar-refractivity contribution in [3.63, 3.8) is 0 Å². The molecule has 2 rings (SSSR count). The summed E-state index contributed by atoms with van der Waals surface area (Å²) in [5, 5.41) is 3.78. The molecular weight excluding hydrogens is 361 g/mol. The molecule has 0 saturated carbocycles. The molecule has 0 radical (unpaired) electrons. The van der Waals surface area contributed by atoms with Gasteiger partial charge in [0.25, 0.3) is 5.91 Å². The largest absolute Gasteiger partial charge is 0.497 e. The van der Waals surface area contributed by atoms with Gasteiger partial charge < -0.3 is 4.74 Å². The summed E-state index contributed by atoms with van der Waals surface area (Å²) < 4.78 is 43.4. The molecule has 0 fully saturated rings. The van der Waals surface area contributed by atoms with E-state index in [2.05, 4.69) is 10.5 Å². The monoisotopic (exact) mass is 379 g/mol. The highest BCUT2D eigenvalue weighted by Crippen LogP contribution is 2.14. The molecule has 2 aromatic rings. The van der Waals surface area contributed by atoms with E-state index in [1.165, 1.54) is 13.3 Å². The van der Waals surface area contributed by atoms with Crippen molar-refractivity contribution < 1.29 is 22.3 Å². The van der Waals surface area contributed by atoms with Gasteiger partial charge in [0.05, 0.1) is 24.8 Å². The number of hydrogen-bond donors (Lipinski definition) is 1. The summed E-state index contributed by atoms with van der Waals surface area (Å²) in [6.07, 6.45) is 1.42. The molecule has 0 atom stereocenters. The lowest BCUT2D eigenvalue weighted by atomic mass is 10.2. The predicted octanol–water partition coefficient (Wildman–Crippen LogP) is 1.61. The molecule has 7 nitrogen and oxygen atoms in total. The van der Waals surface area contributed by atoms with E-state index in [4.69, 9.17) is 4.74 Å². The lowest BCUT2D eigenvalue weighted by Gasteiger charge is -2.16. The lowest BCUT2D eigenvalue weighted by molar-refractivity contribution is -0.121. The fourth-order valence-corrected chi connectivity index (χ4v) is 3.10. The lowest BCUT2D eigenvalue weighted by Crippen LogP contribution is -2.36. The van der Waals surface area contributed by atoms with Gasteiger partial charge in [0.1, 0.15) is 11.6 Å². The fourth-order valence-electron chi connectivity index (χ4n) is 1.98. The van der Waals surface area contributed by atoms with Crippen LogP contribution in [0.2, 0.25) is 0 Å². The molecule has 0 aliphatic rings. The minimum Gasteiger partial charge on any atom is -0.497 e. The van der Waals surface area contributed by atoms with Crippen molar-refractivity contribution >= 4 is 22.1 Å². The van der Waals surface area contributed by atoms with E-state index in [9.17, 15) is 17.6 Å². The molecule has 0 aromatic heterocycles. The van der Waals surface area contributed by atoms with Crippen molar-refractivity contribution in [2.75, 3.05) is 20.7 Å². The summed E-state index contributed by atoms with van der Waals surface area (Å²) in [6.45, 7) is -0.431. The number of nitrogens with zero attached hydrogens (tertiary/aromatic N) is 2. The summed E-state index contributed by atoms with van der Waals surface area (Å²) in [7, 11) is -1.08. The average Bonchev–Trinajstić information content (AvgIpc) is 2.62. The normalized spacial score (nSPS) is 11.7. The number of ether oxygens (including phenoxy) is 1. The van der Waals surface area contributed by atoms with Gasteiger partial charge in [-0.3, -0.25) is 4.79 Å². The number of likely N-dealkylation sites (N-methyl/N-ethyl adjacent to an activating group) is 1. The van der Waals surface area contributed by atoms with Crippen LogP contribution in [0, 0.1) is 5.82 Å². The Morgan fingerprint density at radius 3 is 2.38 bits per heavy atom. The minimum atomic E-state index is -3.90. The summed E-state index contributed by atoms with van der Waals surface area (Å²) in [5.74, 6) is -0.459. The molecule has 1 amide bonds. The van der Waals surface area contributed by atoms with Gasteiger partial charge in [-0.1, -0.05) is 0 Å². The van der Waals surface area contributed by atoms with E-state index in [-0.39, 0.29) is 4.90 Å². The van der Waals surface area contributed by atoms with Crippen molar-refractivity contribution in [2.24, 2.45) is 5.10 Å². The zero-order valence-corrected chi connectivity index (χ0v) is 15.0. The van der Waals surface area contributed by atoms with E-state index in [1.54, 1.807) is 31.4 Å². The molecule has 0 aliphatic carbocycles. The zero-order valence-electron chi connectivity index (χ0n) is 14.2. The number of benzene rings is 2. The first-order valence-electron chi connectivity index (χ1n) is 7.51. The van der Waals surface area contributed by atoms with Crippen molar-refractivity contribution in [3.05, 3.63) is 59.9 Å². The second-order valence-corrected chi connectivity index (χ2v) is 7.33. The third kappa shape index (κ3) is 5.11. The van der Waals surface area contributed by atoms with E-state index in [0.29, 0.717) is 5.75 Å². The zero-order chi connectivity index (χ0) is 19.2. The quantitative estimate of drug-likeness (QED) is 0.585. The Kier molecular flexibility index (Phi) is 6.42. The van der Waals surface area contributed by atoms with Crippen LogP contribution in [-0.4, -0.2) is 45.5 Å². The summed E-state index contributed by atoms with van der Waals surface area (Å²) in [4.78, 5) is 11.8. The molecule has 0 spiro atoms. The Morgan fingerprint density at radius 2 is 1.81 bits per heavy atom. The molecule has 1 N–H and O–H groups in total. The molecule has 26 heavy (non-hydrogen) atoms. The van der Waals surface area contributed by atoms with E-state index in [1.807, 2.05) is 0 Å². The Bertz CT molecular complexity index is 881. The van der Waals surface area contributed by atoms with E-state index in [0.717, 1.165) is 34.1 Å². The molecule has 0 saturated heterocycles. The van der Waals surface area contributed by atoms with Crippen molar-refractivity contribution in [2.45, 2.75) is 4.90 Å². The first kappa shape index (κ1) is 19.5. The van der Waals surface area contributed by atoms with E-state index < -0.39 is 28.3 Å². The number of hydrogen-bond acceptors (Lipinski definition) is 5. The number of hydrazone groups is 1. The van der Waals surface area contributed by atoms with Gasteiger partial charge in [-0.25, -0.2) is 18.2 Å². The maximum atomic E-state index is 12.9. The number of sulfonamides is 1. The Labute approximate surface area is 151 Å². The van der Waals surface area contributed by atoms with Crippen LogP contribution in [0.25, 0.3) is 0 Å². The van der Waals surface area contributed by atoms with Crippen LogP contribution in [-0.2, 0) is 14.8 Å². The highest BCUT2D eigenvalue weighted by Gasteiger charge is 2.22. The Hall–Kier alpha value is -2.78. The number of amides is 1. The Morgan fingerprint density at radius 1 is 1.19 bits per heavy atom. The second-order valence-electron chi connectivity index (χ2n) is 5.28. The van der Waals surface area contributed by atoms with Crippen LogP contribution in [0.3, 0.4) is 0 Å². The maximum Gasteiger partial charge on any atom is 0.255 e. The number of methoxy groups -OCH3 is 1. The van der Waals surface area contributed by atoms with Gasteiger partial charge in [-0.2, -0.15) is 9.41 Å². The molecule has 0 bridgehead atoms. The van der Waals surface area contributed by atoms with Crippen LogP contribution < -0.4 is 10.2 Å². The number of carbonyl (C=O) groups excluding carboxylic acids is 1. The third-order valence-electron chi connectivity index (χ3n) is 3.41. The minimum absolute atomic E-state index is 0.101. The number of nitrogens with one attached hydrogen (secondary N) is 1. The summed E-state index contributed by atoms with van der Waals surface area (Å²) in [5.41, 5.74) is 2.99. The van der Waals surface area contributed by atoms with Crippen LogP contribution in [0.1, 0.15) is 5.56 Å². The molecule has 2 aromatic carbocycles. The molecular formula is C17H18FN3O4S. The highest BCUT2D eigenvalue weighted by molar-refractivity contribution is 7.89. The van der Waals surface area contributed by atoms with Gasteiger partial charge >= 0.3 is 0 Å². The van der Waals surface area contributed by atoms with Crippen molar-refractivity contribution in [1.29, 1.82) is 0 Å². The van der Waals surface area contributed by atoms with E-state index >= 15 is 0 Å². The first-order chi connectivity index (χ1) is 12.3. The molecule has 0 unspecified atom stereocenters. The van der Waals surface area contributed by atoms with Crippen LogP contribution >= 0.6 is 0 Å². The second kappa shape index (κ2) is 8.54. The van der Waals surface area contributed by atoms with Gasteiger partial charge in [0.2, 0.25) is 10.0 Å². The van der Waals surface area contributed by atoms with Crippen LogP contribution in [0.4, 0.5) is 4.39 Å².